The van der Waals surface area contributed by atoms with Crippen molar-refractivity contribution in [3.63, 3.8) is 0 Å². The van der Waals surface area contributed by atoms with Crippen molar-refractivity contribution in [1.29, 1.82) is 0 Å². The van der Waals surface area contributed by atoms with E-state index in [9.17, 15) is 19.2 Å². The lowest BCUT2D eigenvalue weighted by molar-refractivity contribution is -0.127. The van der Waals surface area contributed by atoms with Gasteiger partial charge in [-0.1, -0.05) is 18.2 Å². The van der Waals surface area contributed by atoms with E-state index in [-0.39, 0.29) is 24.4 Å². The number of fused-ring (bicyclic) bond motifs is 1. The average molecular weight is 436 g/mol. The second kappa shape index (κ2) is 8.70. The number of amides is 4. The summed E-state index contributed by atoms with van der Waals surface area (Å²) in [6.45, 7) is 1.10. The minimum Gasteiger partial charge on any atom is -0.495 e. The Labute approximate surface area is 185 Å². The molecule has 4 rings (SSSR count). The van der Waals surface area contributed by atoms with Crippen molar-refractivity contribution in [1.82, 2.24) is 10.2 Å². The monoisotopic (exact) mass is 436 g/mol. The molecule has 1 heterocycles. The largest absolute Gasteiger partial charge is 0.495 e. The molecule has 3 N–H and O–H groups in total. The maximum absolute atomic E-state index is 13.0. The van der Waals surface area contributed by atoms with Gasteiger partial charge in [0.1, 0.15) is 11.8 Å². The number of benzene rings is 2. The highest BCUT2D eigenvalue weighted by atomic mass is 16.5. The number of nitrogens with zero attached hydrogens (tertiary/aromatic N) is 1. The number of rotatable bonds is 7. The van der Waals surface area contributed by atoms with Crippen LogP contribution in [0, 0.1) is 0 Å². The van der Waals surface area contributed by atoms with Gasteiger partial charge < -0.3 is 25.6 Å². The highest BCUT2D eigenvalue weighted by Gasteiger charge is 2.47. The Morgan fingerprint density at radius 2 is 1.84 bits per heavy atom. The molecular formula is C23H24N4O5. The van der Waals surface area contributed by atoms with Gasteiger partial charge in [-0.05, 0) is 42.7 Å². The number of anilines is 2. The number of methoxy groups -OCH3 is 1. The molecule has 1 aliphatic heterocycles. The summed E-state index contributed by atoms with van der Waals surface area (Å²) in [6.07, 6.45) is 1.74. The van der Waals surface area contributed by atoms with Gasteiger partial charge in [-0.15, -0.1) is 0 Å². The van der Waals surface area contributed by atoms with E-state index < -0.39 is 17.9 Å². The van der Waals surface area contributed by atoms with E-state index in [1.54, 1.807) is 47.4 Å². The fourth-order valence-corrected chi connectivity index (χ4v) is 3.88. The molecule has 1 fully saturated rings. The summed E-state index contributed by atoms with van der Waals surface area (Å²) in [4.78, 5) is 51.2. The van der Waals surface area contributed by atoms with Crippen molar-refractivity contribution in [2.24, 2.45) is 0 Å². The fraction of sp³-hybridized carbons (Fsp3) is 0.304. The first kappa shape index (κ1) is 21.4. The van der Waals surface area contributed by atoms with Gasteiger partial charge in [0.2, 0.25) is 17.7 Å². The van der Waals surface area contributed by atoms with Crippen LogP contribution < -0.4 is 20.7 Å². The highest BCUT2D eigenvalue weighted by molar-refractivity contribution is 6.06. The standard InChI is InChI=1S/C23H24N4O5/c1-13(28)25-14-7-10-19(32-2)18(11-14)26-20(29)12-24-22(30)21-16-5-3-4-6-17(16)23(31)27(21)15-8-9-15/h3-7,10-11,15,21H,8-9,12H2,1-2H3,(H,24,30)(H,25,28)(H,26,29). The smallest absolute Gasteiger partial charge is 0.255 e. The maximum atomic E-state index is 13.0. The Kier molecular flexibility index (Phi) is 5.81. The van der Waals surface area contributed by atoms with E-state index in [1.807, 2.05) is 0 Å². The molecule has 32 heavy (non-hydrogen) atoms. The van der Waals surface area contributed by atoms with E-state index >= 15 is 0 Å². The molecule has 166 valence electrons. The van der Waals surface area contributed by atoms with Gasteiger partial charge in [0.05, 0.1) is 19.3 Å². The van der Waals surface area contributed by atoms with Gasteiger partial charge in [-0.25, -0.2) is 0 Å². The maximum Gasteiger partial charge on any atom is 0.255 e. The summed E-state index contributed by atoms with van der Waals surface area (Å²) >= 11 is 0. The summed E-state index contributed by atoms with van der Waals surface area (Å²) in [5.74, 6) is -0.843. The van der Waals surface area contributed by atoms with Crippen LogP contribution in [0.4, 0.5) is 11.4 Å². The first-order chi connectivity index (χ1) is 15.4. The van der Waals surface area contributed by atoms with Crippen LogP contribution in [-0.2, 0) is 14.4 Å². The Morgan fingerprint density at radius 3 is 2.53 bits per heavy atom. The van der Waals surface area contributed by atoms with Gasteiger partial charge in [0.25, 0.3) is 5.91 Å². The molecule has 2 aromatic rings. The number of hydrogen-bond acceptors (Lipinski definition) is 5. The molecular weight excluding hydrogens is 412 g/mol. The molecule has 0 saturated heterocycles. The average Bonchev–Trinajstić information content (AvgIpc) is 3.56. The zero-order valence-corrected chi connectivity index (χ0v) is 17.8. The third kappa shape index (κ3) is 4.27. The third-order valence-corrected chi connectivity index (χ3v) is 5.40. The van der Waals surface area contributed by atoms with E-state index in [4.69, 9.17) is 4.74 Å². The number of ether oxygens (including phenoxy) is 1. The molecule has 1 atom stereocenters. The predicted octanol–water partition coefficient (Wildman–Crippen LogP) is 2.07. The lowest BCUT2D eigenvalue weighted by Crippen LogP contribution is -2.42. The van der Waals surface area contributed by atoms with Crippen LogP contribution in [0.25, 0.3) is 0 Å². The van der Waals surface area contributed by atoms with Crippen molar-refractivity contribution in [3.05, 3.63) is 53.6 Å². The molecule has 0 radical (unpaired) electrons. The molecule has 2 aliphatic rings. The second-order valence-electron chi connectivity index (χ2n) is 7.80. The number of carbonyl (C=O) groups excluding carboxylic acids is 4. The Bertz CT molecular complexity index is 1100. The molecule has 1 aliphatic carbocycles. The third-order valence-electron chi connectivity index (χ3n) is 5.40. The van der Waals surface area contributed by atoms with Crippen LogP contribution in [0.15, 0.2) is 42.5 Å². The van der Waals surface area contributed by atoms with Crippen molar-refractivity contribution in [2.75, 3.05) is 24.3 Å². The second-order valence-corrected chi connectivity index (χ2v) is 7.80. The van der Waals surface area contributed by atoms with E-state index in [1.165, 1.54) is 14.0 Å². The minimum atomic E-state index is -0.739. The first-order valence-corrected chi connectivity index (χ1v) is 10.3. The van der Waals surface area contributed by atoms with Crippen LogP contribution in [0.1, 0.15) is 41.7 Å². The SMILES string of the molecule is COc1ccc(NC(C)=O)cc1NC(=O)CNC(=O)C1c2ccccc2C(=O)N1C1CC1. The van der Waals surface area contributed by atoms with Gasteiger partial charge in [-0.2, -0.15) is 0 Å². The lowest BCUT2D eigenvalue weighted by Gasteiger charge is -2.24. The molecule has 2 aromatic carbocycles. The van der Waals surface area contributed by atoms with E-state index in [2.05, 4.69) is 16.0 Å². The normalized spacial score (nSPS) is 16.9. The van der Waals surface area contributed by atoms with Crippen LogP contribution in [0.5, 0.6) is 5.75 Å². The van der Waals surface area contributed by atoms with Crippen LogP contribution in [-0.4, -0.2) is 48.2 Å². The van der Waals surface area contributed by atoms with Gasteiger partial charge in [-0.3, -0.25) is 19.2 Å². The minimum absolute atomic E-state index is 0.0558. The zero-order chi connectivity index (χ0) is 22.8. The van der Waals surface area contributed by atoms with Crippen molar-refractivity contribution in [2.45, 2.75) is 31.8 Å². The summed E-state index contributed by atoms with van der Waals surface area (Å²) in [5.41, 5.74) is 2.05. The Morgan fingerprint density at radius 1 is 1.09 bits per heavy atom. The topological polar surface area (TPSA) is 117 Å². The molecule has 9 nitrogen and oxygen atoms in total. The summed E-state index contributed by atoms with van der Waals surface area (Å²) in [6, 6.07) is 11.2. The van der Waals surface area contributed by atoms with E-state index in [0.717, 1.165) is 12.8 Å². The molecule has 1 saturated carbocycles. The molecule has 1 unspecified atom stereocenters. The van der Waals surface area contributed by atoms with E-state index in [0.29, 0.717) is 28.3 Å². The van der Waals surface area contributed by atoms with Gasteiger partial charge in [0, 0.05) is 24.2 Å². The van der Waals surface area contributed by atoms with Gasteiger partial charge in [0.15, 0.2) is 0 Å². The molecule has 9 heteroatoms. The van der Waals surface area contributed by atoms with Crippen LogP contribution >= 0.6 is 0 Å². The quantitative estimate of drug-likeness (QED) is 0.614. The molecule has 0 bridgehead atoms. The van der Waals surface area contributed by atoms with Crippen LogP contribution in [0.2, 0.25) is 0 Å². The molecule has 0 aromatic heterocycles. The number of hydrogen-bond donors (Lipinski definition) is 3. The Balaban J connectivity index is 1.44. The fourth-order valence-electron chi connectivity index (χ4n) is 3.88. The lowest BCUT2D eigenvalue weighted by atomic mass is 10.0. The predicted molar refractivity (Wildman–Crippen MR) is 117 cm³/mol. The summed E-state index contributed by atoms with van der Waals surface area (Å²) < 4.78 is 5.25. The summed E-state index contributed by atoms with van der Waals surface area (Å²) in [7, 11) is 1.46. The molecule has 4 amide bonds. The van der Waals surface area contributed by atoms with Crippen LogP contribution in [0.3, 0.4) is 0 Å². The van der Waals surface area contributed by atoms with Gasteiger partial charge >= 0.3 is 0 Å². The van der Waals surface area contributed by atoms with Crippen molar-refractivity contribution < 1.29 is 23.9 Å². The molecule has 0 spiro atoms. The Hall–Kier alpha value is -3.88. The first-order valence-electron chi connectivity index (χ1n) is 10.3. The number of carbonyl (C=O) groups is 4. The zero-order valence-electron chi connectivity index (χ0n) is 17.8. The highest BCUT2D eigenvalue weighted by Crippen LogP contribution is 2.41. The van der Waals surface area contributed by atoms with Crippen molar-refractivity contribution in [3.8, 4) is 5.75 Å². The summed E-state index contributed by atoms with van der Waals surface area (Å²) in [5, 5.41) is 7.97. The van der Waals surface area contributed by atoms with Crippen molar-refractivity contribution >= 4 is 35.0 Å². The number of nitrogens with one attached hydrogen (secondary N) is 3.